The first kappa shape index (κ1) is 23.4. The smallest absolute Gasteiger partial charge is 0.331 e. The third-order valence-corrected chi connectivity index (χ3v) is 5.46. The van der Waals surface area contributed by atoms with E-state index in [-0.39, 0.29) is 28.3 Å². The highest BCUT2D eigenvalue weighted by Gasteiger charge is 2.39. The summed E-state index contributed by atoms with van der Waals surface area (Å²) in [5.74, 6) is -1.01. The van der Waals surface area contributed by atoms with Crippen LogP contribution in [0.2, 0.25) is 0 Å². The number of nitrogens with one attached hydrogen (secondary N) is 1. The Balaban J connectivity index is 1.66. The van der Waals surface area contributed by atoms with E-state index in [0.717, 1.165) is 4.90 Å². The average Bonchev–Trinajstić information content (AvgIpc) is 3.31. The second-order valence-electron chi connectivity index (χ2n) is 7.65. The van der Waals surface area contributed by atoms with E-state index in [1.165, 1.54) is 30.3 Å². The van der Waals surface area contributed by atoms with Crippen molar-refractivity contribution in [2.45, 2.75) is 19.9 Å². The zero-order valence-corrected chi connectivity index (χ0v) is 18.9. The van der Waals surface area contributed by atoms with Gasteiger partial charge in [0.2, 0.25) is 0 Å². The fourth-order valence-corrected chi connectivity index (χ4v) is 3.75. The summed E-state index contributed by atoms with van der Waals surface area (Å²) in [6.45, 7) is 3.80. The Hall–Kier alpha value is -4.73. The molecule has 10 heteroatoms. The highest BCUT2D eigenvalue weighted by molar-refractivity contribution is 6.31. The van der Waals surface area contributed by atoms with Crippen molar-refractivity contribution in [1.29, 1.82) is 0 Å². The Morgan fingerprint density at radius 1 is 1.11 bits per heavy atom. The molecule has 1 fully saturated rings. The van der Waals surface area contributed by atoms with E-state index in [2.05, 4.69) is 5.32 Å². The first-order valence-corrected chi connectivity index (χ1v) is 10.8. The zero-order valence-electron chi connectivity index (χ0n) is 18.9. The second-order valence-corrected chi connectivity index (χ2v) is 7.65. The van der Waals surface area contributed by atoms with Crippen molar-refractivity contribution in [3.8, 4) is 17.1 Å². The van der Waals surface area contributed by atoms with Crippen molar-refractivity contribution in [2.75, 3.05) is 6.61 Å². The Labute approximate surface area is 199 Å². The van der Waals surface area contributed by atoms with Gasteiger partial charge in [0.1, 0.15) is 22.8 Å². The minimum atomic E-state index is -0.860. The summed E-state index contributed by atoms with van der Waals surface area (Å²) < 4.78 is 11.0. The van der Waals surface area contributed by atoms with E-state index in [1.54, 1.807) is 44.2 Å². The summed E-state index contributed by atoms with van der Waals surface area (Å²) in [7, 11) is 0. The summed E-state index contributed by atoms with van der Waals surface area (Å²) in [5, 5.41) is 13.7. The van der Waals surface area contributed by atoms with Gasteiger partial charge in [-0.3, -0.25) is 29.9 Å². The van der Waals surface area contributed by atoms with Gasteiger partial charge in [-0.2, -0.15) is 0 Å². The molecular weight excluding hydrogens is 454 g/mol. The zero-order chi connectivity index (χ0) is 25.1. The number of nitro benzene ring substituents is 1. The molecule has 0 saturated carbocycles. The van der Waals surface area contributed by atoms with Gasteiger partial charge >= 0.3 is 6.03 Å². The van der Waals surface area contributed by atoms with Gasteiger partial charge in [-0.1, -0.05) is 30.3 Å². The van der Waals surface area contributed by atoms with Crippen molar-refractivity contribution in [3.63, 3.8) is 0 Å². The Bertz CT molecular complexity index is 1340. The van der Waals surface area contributed by atoms with Gasteiger partial charge in [0, 0.05) is 0 Å². The first-order chi connectivity index (χ1) is 16.8. The average molecular weight is 475 g/mol. The lowest BCUT2D eigenvalue weighted by Gasteiger charge is -2.31. The molecule has 1 N–H and O–H groups in total. The molecule has 1 aromatic heterocycles. The van der Waals surface area contributed by atoms with Gasteiger partial charge in [-0.25, -0.2) is 4.79 Å². The van der Waals surface area contributed by atoms with Crippen LogP contribution >= 0.6 is 0 Å². The number of ether oxygens (including phenoxy) is 1. The minimum Gasteiger partial charge on any atom is -0.494 e. The Morgan fingerprint density at radius 2 is 1.86 bits per heavy atom. The molecule has 0 spiro atoms. The van der Waals surface area contributed by atoms with Crippen molar-refractivity contribution in [1.82, 2.24) is 10.2 Å². The molecule has 2 heterocycles. The number of hydrogen-bond acceptors (Lipinski definition) is 7. The maximum atomic E-state index is 13.1. The third kappa shape index (κ3) is 4.67. The van der Waals surface area contributed by atoms with E-state index in [0.29, 0.717) is 17.9 Å². The number of nitro groups is 1. The van der Waals surface area contributed by atoms with Crippen LogP contribution in [0.15, 0.2) is 70.7 Å². The predicted molar refractivity (Wildman–Crippen MR) is 125 cm³/mol. The van der Waals surface area contributed by atoms with Crippen LogP contribution in [-0.4, -0.2) is 34.3 Å². The fourth-order valence-electron chi connectivity index (χ4n) is 3.75. The number of benzene rings is 2. The van der Waals surface area contributed by atoms with Crippen LogP contribution < -0.4 is 10.1 Å². The number of hydrogen-bond donors (Lipinski definition) is 1. The van der Waals surface area contributed by atoms with Gasteiger partial charge in [-0.05, 0) is 49.8 Å². The summed E-state index contributed by atoms with van der Waals surface area (Å²) in [5.41, 5.74) is 0.406. The molecule has 1 saturated heterocycles. The molecular formula is C25H21N3O7. The van der Waals surface area contributed by atoms with Crippen LogP contribution in [0.4, 0.5) is 10.5 Å². The van der Waals surface area contributed by atoms with Crippen LogP contribution in [0.1, 0.15) is 31.2 Å². The number of rotatable bonds is 7. The number of nitrogens with zero attached hydrogens (tertiary/aromatic N) is 2. The van der Waals surface area contributed by atoms with Crippen molar-refractivity contribution in [2.24, 2.45) is 0 Å². The summed E-state index contributed by atoms with van der Waals surface area (Å²) in [6.07, 6.45) is 1.21. The van der Waals surface area contributed by atoms with Crippen LogP contribution in [-0.2, 0) is 9.59 Å². The number of carbonyl (C=O) groups excluding carboxylic acids is 3. The number of furan rings is 1. The second kappa shape index (κ2) is 9.64. The lowest BCUT2D eigenvalue weighted by Crippen LogP contribution is -2.54. The fraction of sp³-hybridized carbons (Fsp3) is 0.160. The molecule has 10 nitrogen and oxygen atoms in total. The number of imide groups is 2. The lowest BCUT2D eigenvalue weighted by molar-refractivity contribution is -0.384. The van der Waals surface area contributed by atoms with Crippen molar-refractivity contribution >= 4 is 29.6 Å². The van der Waals surface area contributed by atoms with Gasteiger partial charge in [0.05, 0.1) is 29.2 Å². The number of carbonyl (C=O) groups is 3. The SMILES string of the molecule is CCOc1ccc(-c2ccc(/C=C3/C(=O)NC(=O)N([C@@H](C)c4ccccc4)C3=O)o2)c([N+](=O)[O-])c1. The van der Waals surface area contributed by atoms with Crippen molar-refractivity contribution in [3.05, 3.63) is 87.7 Å². The van der Waals surface area contributed by atoms with Crippen LogP contribution in [0, 0.1) is 10.1 Å². The molecule has 2 aromatic carbocycles. The molecule has 4 rings (SSSR count). The Morgan fingerprint density at radius 3 is 2.54 bits per heavy atom. The predicted octanol–water partition coefficient (Wildman–Crippen LogP) is 4.48. The quantitative estimate of drug-likeness (QED) is 0.231. The van der Waals surface area contributed by atoms with E-state index < -0.39 is 28.8 Å². The third-order valence-electron chi connectivity index (χ3n) is 5.46. The van der Waals surface area contributed by atoms with Gasteiger partial charge < -0.3 is 9.15 Å². The molecule has 178 valence electrons. The van der Waals surface area contributed by atoms with Crippen molar-refractivity contribution < 1.29 is 28.5 Å². The number of urea groups is 1. The minimum absolute atomic E-state index is 0.114. The molecule has 0 aliphatic carbocycles. The highest BCUT2D eigenvalue weighted by Crippen LogP contribution is 2.35. The number of amides is 4. The molecule has 1 aliphatic rings. The molecule has 4 amide bonds. The van der Waals surface area contributed by atoms with Crippen LogP contribution in [0.5, 0.6) is 5.75 Å². The maximum Gasteiger partial charge on any atom is 0.331 e. The Kier molecular flexibility index (Phi) is 6.45. The van der Waals surface area contributed by atoms with E-state index in [4.69, 9.17) is 9.15 Å². The molecule has 35 heavy (non-hydrogen) atoms. The topological polar surface area (TPSA) is 132 Å². The monoisotopic (exact) mass is 475 g/mol. The van der Waals surface area contributed by atoms with Gasteiger partial charge in [0.25, 0.3) is 17.5 Å². The standard InChI is InChI=1S/C25H21N3O7/c1-3-34-17-9-11-19(21(14-17)28(32)33)22-12-10-18(35-22)13-20-23(29)26-25(31)27(24(20)30)15(2)16-7-5-4-6-8-16/h4-15H,3H2,1-2H3,(H,26,29,31)/b20-13-/t15-/m0/s1. The van der Waals surface area contributed by atoms with Crippen LogP contribution in [0.3, 0.4) is 0 Å². The first-order valence-electron chi connectivity index (χ1n) is 10.8. The van der Waals surface area contributed by atoms with E-state index in [9.17, 15) is 24.5 Å². The van der Waals surface area contributed by atoms with Gasteiger partial charge in [0.15, 0.2) is 0 Å². The molecule has 0 unspecified atom stereocenters. The molecule has 0 bridgehead atoms. The summed E-state index contributed by atoms with van der Waals surface area (Å²) in [6, 6.07) is 14.8. The molecule has 1 aliphatic heterocycles. The largest absolute Gasteiger partial charge is 0.494 e. The van der Waals surface area contributed by atoms with E-state index >= 15 is 0 Å². The molecule has 1 atom stereocenters. The van der Waals surface area contributed by atoms with E-state index in [1.807, 2.05) is 6.07 Å². The summed E-state index contributed by atoms with van der Waals surface area (Å²) in [4.78, 5) is 50.0. The lowest BCUT2D eigenvalue weighted by atomic mass is 10.0. The van der Waals surface area contributed by atoms with Gasteiger partial charge in [-0.15, -0.1) is 0 Å². The van der Waals surface area contributed by atoms with Crippen LogP contribution in [0.25, 0.3) is 17.4 Å². The molecule has 0 radical (unpaired) electrons. The number of barbiturate groups is 1. The highest BCUT2D eigenvalue weighted by atomic mass is 16.6. The normalized spacial score (nSPS) is 15.8. The summed E-state index contributed by atoms with van der Waals surface area (Å²) >= 11 is 0. The maximum absolute atomic E-state index is 13.1. The molecule has 3 aromatic rings.